The molecule has 0 spiro atoms. The molecule has 1 aromatic carbocycles. The van der Waals surface area contributed by atoms with E-state index < -0.39 is 30.4 Å². The summed E-state index contributed by atoms with van der Waals surface area (Å²) in [6.07, 6.45) is -1.53. The van der Waals surface area contributed by atoms with Crippen molar-refractivity contribution in [1.82, 2.24) is 4.90 Å². The quantitative estimate of drug-likeness (QED) is 0.593. The van der Waals surface area contributed by atoms with Gasteiger partial charge in [-0.3, -0.25) is 14.5 Å². The van der Waals surface area contributed by atoms with E-state index in [9.17, 15) is 19.5 Å². The van der Waals surface area contributed by atoms with E-state index in [0.29, 0.717) is 0 Å². The van der Waals surface area contributed by atoms with Crippen molar-refractivity contribution in [3.8, 4) is 0 Å². The van der Waals surface area contributed by atoms with Crippen LogP contribution in [0.2, 0.25) is 0 Å². The SMILES string of the molecule is COC(=O)[C@H](O)CN1C(=O)c2ccccc2C1=O. The highest BCUT2D eigenvalue weighted by Crippen LogP contribution is 2.22. The van der Waals surface area contributed by atoms with E-state index in [1.165, 1.54) is 12.1 Å². The molecule has 6 nitrogen and oxygen atoms in total. The first-order valence-electron chi connectivity index (χ1n) is 5.27. The summed E-state index contributed by atoms with van der Waals surface area (Å²) >= 11 is 0. The summed E-state index contributed by atoms with van der Waals surface area (Å²) in [5.74, 6) is -1.91. The highest BCUT2D eigenvalue weighted by Gasteiger charge is 2.37. The summed E-state index contributed by atoms with van der Waals surface area (Å²) in [7, 11) is 1.12. The monoisotopic (exact) mass is 249 g/mol. The van der Waals surface area contributed by atoms with Gasteiger partial charge in [-0.05, 0) is 12.1 Å². The second-order valence-corrected chi connectivity index (χ2v) is 3.81. The summed E-state index contributed by atoms with van der Waals surface area (Å²) in [6.45, 7) is -0.404. The zero-order chi connectivity index (χ0) is 13.3. The Hall–Kier alpha value is -2.21. The van der Waals surface area contributed by atoms with Crippen molar-refractivity contribution in [2.45, 2.75) is 6.10 Å². The fraction of sp³-hybridized carbons (Fsp3) is 0.250. The molecule has 1 aromatic rings. The van der Waals surface area contributed by atoms with Gasteiger partial charge in [0.05, 0.1) is 24.8 Å². The Labute approximate surface area is 103 Å². The second-order valence-electron chi connectivity index (χ2n) is 3.81. The number of aliphatic hydroxyl groups is 1. The van der Waals surface area contributed by atoms with Gasteiger partial charge in [-0.25, -0.2) is 4.79 Å². The number of hydrogen-bond donors (Lipinski definition) is 1. The van der Waals surface area contributed by atoms with Gasteiger partial charge in [0.25, 0.3) is 11.8 Å². The Morgan fingerprint density at radius 1 is 1.28 bits per heavy atom. The topological polar surface area (TPSA) is 83.9 Å². The zero-order valence-corrected chi connectivity index (χ0v) is 9.62. The molecule has 18 heavy (non-hydrogen) atoms. The number of ether oxygens (including phenoxy) is 1. The molecule has 6 heteroatoms. The maximum atomic E-state index is 11.9. The van der Waals surface area contributed by atoms with Gasteiger partial charge in [-0.2, -0.15) is 0 Å². The van der Waals surface area contributed by atoms with Crippen molar-refractivity contribution in [2.24, 2.45) is 0 Å². The van der Waals surface area contributed by atoms with Crippen LogP contribution in [0.15, 0.2) is 24.3 Å². The van der Waals surface area contributed by atoms with Crippen LogP contribution in [0.4, 0.5) is 0 Å². The van der Waals surface area contributed by atoms with Crippen molar-refractivity contribution >= 4 is 17.8 Å². The number of imide groups is 1. The minimum absolute atomic E-state index is 0.277. The molecular weight excluding hydrogens is 238 g/mol. The molecular formula is C12H11NO5. The number of carbonyl (C=O) groups is 3. The van der Waals surface area contributed by atoms with Crippen molar-refractivity contribution in [3.63, 3.8) is 0 Å². The number of β-amino-alcohol motifs (C(OH)–C–C–N with tert-alkyl or cyclic N) is 1. The van der Waals surface area contributed by atoms with Crippen LogP contribution in [0, 0.1) is 0 Å². The zero-order valence-electron chi connectivity index (χ0n) is 9.62. The largest absolute Gasteiger partial charge is 0.467 e. The van der Waals surface area contributed by atoms with Gasteiger partial charge in [0.2, 0.25) is 0 Å². The third-order valence-corrected chi connectivity index (χ3v) is 2.71. The Morgan fingerprint density at radius 3 is 2.22 bits per heavy atom. The molecule has 0 saturated heterocycles. The van der Waals surface area contributed by atoms with Crippen LogP contribution in [-0.4, -0.2) is 47.5 Å². The second kappa shape index (κ2) is 4.58. The lowest BCUT2D eigenvalue weighted by molar-refractivity contribution is -0.150. The predicted molar refractivity (Wildman–Crippen MR) is 59.8 cm³/mol. The fourth-order valence-electron chi connectivity index (χ4n) is 1.79. The normalized spacial score (nSPS) is 15.6. The van der Waals surface area contributed by atoms with Crippen LogP contribution in [0.5, 0.6) is 0 Å². The molecule has 1 aliphatic rings. The van der Waals surface area contributed by atoms with E-state index in [1.807, 2.05) is 0 Å². The smallest absolute Gasteiger partial charge is 0.336 e. The summed E-state index contributed by atoms with van der Waals surface area (Å²) in [5.41, 5.74) is 0.555. The molecule has 2 amide bonds. The average Bonchev–Trinajstić information content (AvgIpc) is 2.63. The minimum atomic E-state index is -1.53. The summed E-state index contributed by atoms with van der Waals surface area (Å²) in [4.78, 5) is 35.7. The molecule has 94 valence electrons. The molecule has 1 atom stereocenters. The number of aliphatic hydroxyl groups excluding tert-OH is 1. The first-order valence-corrected chi connectivity index (χ1v) is 5.27. The number of hydrogen-bond acceptors (Lipinski definition) is 5. The van der Waals surface area contributed by atoms with Gasteiger partial charge in [0, 0.05) is 0 Å². The molecule has 1 heterocycles. The molecule has 1 aliphatic heterocycles. The average molecular weight is 249 g/mol. The Kier molecular flexibility index (Phi) is 3.12. The van der Waals surface area contributed by atoms with Crippen LogP contribution in [0.1, 0.15) is 20.7 Å². The molecule has 0 radical (unpaired) electrons. The number of fused-ring (bicyclic) bond motifs is 1. The molecule has 2 rings (SSSR count). The number of carbonyl (C=O) groups excluding carboxylic acids is 3. The maximum absolute atomic E-state index is 11.9. The first-order chi connectivity index (χ1) is 8.56. The lowest BCUT2D eigenvalue weighted by atomic mass is 10.1. The molecule has 0 bridgehead atoms. The van der Waals surface area contributed by atoms with Crippen LogP contribution < -0.4 is 0 Å². The Morgan fingerprint density at radius 2 is 1.78 bits per heavy atom. The first kappa shape index (κ1) is 12.3. The lowest BCUT2D eigenvalue weighted by Crippen LogP contribution is -2.40. The predicted octanol–water partition coefficient (Wildman–Crippen LogP) is -0.184. The Balaban J connectivity index is 2.21. The van der Waals surface area contributed by atoms with Gasteiger partial charge >= 0.3 is 5.97 Å². The van der Waals surface area contributed by atoms with E-state index in [0.717, 1.165) is 12.0 Å². The van der Waals surface area contributed by atoms with Crippen molar-refractivity contribution in [3.05, 3.63) is 35.4 Å². The number of benzene rings is 1. The van der Waals surface area contributed by atoms with Gasteiger partial charge in [-0.1, -0.05) is 12.1 Å². The van der Waals surface area contributed by atoms with E-state index in [2.05, 4.69) is 4.74 Å². The molecule has 0 fully saturated rings. The molecule has 0 unspecified atom stereocenters. The van der Waals surface area contributed by atoms with Gasteiger partial charge in [0.15, 0.2) is 6.10 Å². The molecule has 0 aliphatic carbocycles. The van der Waals surface area contributed by atoms with Gasteiger partial charge in [-0.15, -0.1) is 0 Å². The van der Waals surface area contributed by atoms with E-state index in [4.69, 9.17) is 0 Å². The van der Waals surface area contributed by atoms with Crippen LogP contribution in [0.25, 0.3) is 0 Å². The third-order valence-electron chi connectivity index (χ3n) is 2.71. The number of amides is 2. The van der Waals surface area contributed by atoms with E-state index in [-0.39, 0.29) is 11.1 Å². The lowest BCUT2D eigenvalue weighted by Gasteiger charge is -2.16. The minimum Gasteiger partial charge on any atom is -0.467 e. The summed E-state index contributed by atoms with van der Waals surface area (Å²) < 4.78 is 4.33. The highest BCUT2D eigenvalue weighted by atomic mass is 16.5. The van der Waals surface area contributed by atoms with Crippen LogP contribution in [-0.2, 0) is 9.53 Å². The van der Waals surface area contributed by atoms with Gasteiger partial charge in [0.1, 0.15) is 0 Å². The standard InChI is InChI=1S/C12H11NO5/c1-18-12(17)9(14)6-13-10(15)7-4-2-3-5-8(7)11(13)16/h2-5,9,14H,6H2,1H3/t9-/m1/s1. The molecule has 1 N–H and O–H groups in total. The number of nitrogens with zero attached hydrogens (tertiary/aromatic N) is 1. The van der Waals surface area contributed by atoms with Gasteiger partial charge < -0.3 is 9.84 Å². The van der Waals surface area contributed by atoms with Crippen molar-refractivity contribution < 1.29 is 24.2 Å². The van der Waals surface area contributed by atoms with Crippen LogP contribution in [0.3, 0.4) is 0 Å². The van der Waals surface area contributed by atoms with E-state index in [1.54, 1.807) is 12.1 Å². The summed E-state index contributed by atoms with van der Waals surface area (Å²) in [5, 5.41) is 9.47. The number of esters is 1. The number of rotatable bonds is 3. The van der Waals surface area contributed by atoms with Crippen LogP contribution >= 0.6 is 0 Å². The van der Waals surface area contributed by atoms with Crippen molar-refractivity contribution in [1.29, 1.82) is 0 Å². The summed E-state index contributed by atoms with van der Waals surface area (Å²) in [6, 6.07) is 6.34. The highest BCUT2D eigenvalue weighted by molar-refractivity contribution is 6.21. The van der Waals surface area contributed by atoms with Crippen molar-refractivity contribution in [2.75, 3.05) is 13.7 Å². The third kappa shape index (κ3) is 1.86. The number of methoxy groups -OCH3 is 1. The maximum Gasteiger partial charge on any atom is 0.336 e. The molecule has 0 saturated carbocycles. The molecule has 0 aromatic heterocycles. The Bertz CT molecular complexity index is 490. The van der Waals surface area contributed by atoms with E-state index >= 15 is 0 Å². The fourth-order valence-corrected chi connectivity index (χ4v) is 1.79.